The Labute approximate surface area is 121 Å². The van der Waals surface area contributed by atoms with Crippen molar-refractivity contribution in [3.05, 3.63) is 39.7 Å². The number of nitro benzene ring substituents is 1. The fourth-order valence-corrected chi connectivity index (χ4v) is 1.61. The fourth-order valence-electron chi connectivity index (χ4n) is 1.61. The van der Waals surface area contributed by atoms with Gasteiger partial charge in [0.15, 0.2) is 6.29 Å². The van der Waals surface area contributed by atoms with Crippen molar-refractivity contribution in [1.29, 1.82) is 0 Å². The number of hydrogen-bond acceptors (Lipinski definition) is 5. The largest absolute Gasteiger partial charge is 0.351 e. The van der Waals surface area contributed by atoms with Gasteiger partial charge in [-0.05, 0) is 26.0 Å². The number of rotatable bonds is 8. The van der Waals surface area contributed by atoms with Crippen LogP contribution in [0.5, 0.6) is 0 Å². The lowest BCUT2D eigenvalue weighted by Gasteiger charge is -2.17. The highest BCUT2D eigenvalue weighted by molar-refractivity contribution is 5.94. The van der Waals surface area contributed by atoms with Gasteiger partial charge >= 0.3 is 5.69 Å². The minimum atomic E-state index is -0.988. The zero-order valence-corrected chi connectivity index (χ0v) is 11.8. The van der Waals surface area contributed by atoms with E-state index in [0.29, 0.717) is 13.2 Å². The molecule has 8 heteroatoms. The standard InChI is InChI=1S/C13H17FN2O5/c1-3-20-12(21-4-2)8-15-13(17)9-5-6-10(14)11(7-9)16(18)19/h5-7,12H,3-4,8H2,1-2H3,(H,15,17). The van der Waals surface area contributed by atoms with E-state index in [0.717, 1.165) is 12.1 Å². The Morgan fingerprint density at radius 1 is 1.38 bits per heavy atom. The number of ether oxygens (including phenoxy) is 2. The average molecular weight is 300 g/mol. The smallest absolute Gasteiger partial charge is 0.305 e. The molecule has 7 nitrogen and oxygen atoms in total. The Balaban J connectivity index is 2.71. The maximum absolute atomic E-state index is 13.2. The van der Waals surface area contributed by atoms with Gasteiger partial charge in [0.2, 0.25) is 5.82 Å². The molecule has 1 rings (SSSR count). The molecule has 0 heterocycles. The van der Waals surface area contributed by atoms with Crippen LogP contribution in [-0.2, 0) is 9.47 Å². The van der Waals surface area contributed by atoms with Gasteiger partial charge in [-0.2, -0.15) is 4.39 Å². The van der Waals surface area contributed by atoms with Crippen LogP contribution >= 0.6 is 0 Å². The van der Waals surface area contributed by atoms with Gasteiger partial charge in [0.05, 0.1) is 11.5 Å². The second-order valence-electron chi connectivity index (χ2n) is 3.97. The Morgan fingerprint density at radius 2 is 2.00 bits per heavy atom. The number of nitro groups is 1. The molecule has 1 N–H and O–H groups in total. The molecule has 0 bridgehead atoms. The lowest BCUT2D eigenvalue weighted by atomic mass is 10.2. The van der Waals surface area contributed by atoms with Crippen molar-refractivity contribution < 1.29 is 23.6 Å². The number of carbonyl (C=O) groups is 1. The molecule has 0 aliphatic carbocycles. The number of nitrogens with one attached hydrogen (secondary N) is 1. The Hall–Kier alpha value is -2.06. The van der Waals surface area contributed by atoms with Crippen molar-refractivity contribution >= 4 is 11.6 Å². The fraction of sp³-hybridized carbons (Fsp3) is 0.462. The summed E-state index contributed by atoms with van der Waals surface area (Å²) in [7, 11) is 0. The minimum Gasteiger partial charge on any atom is -0.351 e. The first-order valence-corrected chi connectivity index (χ1v) is 6.44. The lowest BCUT2D eigenvalue weighted by molar-refractivity contribution is -0.387. The third kappa shape index (κ3) is 5.09. The van der Waals surface area contributed by atoms with Crippen molar-refractivity contribution in [2.75, 3.05) is 19.8 Å². The predicted octanol–water partition coefficient (Wildman–Crippen LogP) is 1.86. The Kier molecular flexibility index (Phi) is 6.70. The van der Waals surface area contributed by atoms with Crippen molar-refractivity contribution in [2.24, 2.45) is 0 Å². The van der Waals surface area contributed by atoms with Gasteiger partial charge in [-0.25, -0.2) is 0 Å². The van der Waals surface area contributed by atoms with Crippen LogP contribution in [0.3, 0.4) is 0 Å². The molecule has 0 spiro atoms. The average Bonchev–Trinajstić information content (AvgIpc) is 2.45. The molecule has 21 heavy (non-hydrogen) atoms. The molecule has 0 atom stereocenters. The van der Waals surface area contributed by atoms with E-state index in [1.54, 1.807) is 13.8 Å². The van der Waals surface area contributed by atoms with Gasteiger partial charge in [0.1, 0.15) is 0 Å². The normalized spacial score (nSPS) is 10.7. The molecule has 0 saturated carbocycles. The highest BCUT2D eigenvalue weighted by Crippen LogP contribution is 2.18. The number of benzene rings is 1. The van der Waals surface area contributed by atoms with Gasteiger partial charge in [-0.15, -0.1) is 0 Å². The van der Waals surface area contributed by atoms with Crippen molar-refractivity contribution in [3.8, 4) is 0 Å². The zero-order valence-electron chi connectivity index (χ0n) is 11.8. The van der Waals surface area contributed by atoms with Gasteiger partial charge in [-0.3, -0.25) is 14.9 Å². The first kappa shape index (κ1) is 17.0. The summed E-state index contributed by atoms with van der Waals surface area (Å²) in [6, 6.07) is 2.95. The maximum atomic E-state index is 13.2. The SMILES string of the molecule is CCOC(CNC(=O)c1ccc(F)c([N+](=O)[O-])c1)OCC. The van der Waals surface area contributed by atoms with Crippen LogP contribution in [0.15, 0.2) is 18.2 Å². The number of amides is 1. The number of halogens is 1. The number of hydrogen-bond donors (Lipinski definition) is 1. The summed E-state index contributed by atoms with van der Waals surface area (Å²) in [6.07, 6.45) is -0.598. The van der Waals surface area contributed by atoms with E-state index in [1.807, 2.05) is 0 Å². The quantitative estimate of drug-likeness (QED) is 0.449. The molecule has 0 saturated heterocycles. The summed E-state index contributed by atoms with van der Waals surface area (Å²) in [5, 5.41) is 13.1. The molecular weight excluding hydrogens is 283 g/mol. The van der Waals surface area contributed by atoms with Crippen LogP contribution in [0.1, 0.15) is 24.2 Å². The van der Waals surface area contributed by atoms with Crippen LogP contribution in [0.4, 0.5) is 10.1 Å². The zero-order chi connectivity index (χ0) is 15.8. The molecule has 0 fully saturated rings. The van der Waals surface area contributed by atoms with Crippen molar-refractivity contribution in [1.82, 2.24) is 5.32 Å². The van der Waals surface area contributed by atoms with E-state index < -0.39 is 28.6 Å². The van der Waals surface area contributed by atoms with E-state index in [1.165, 1.54) is 6.07 Å². The molecule has 0 radical (unpaired) electrons. The van der Waals surface area contributed by atoms with Crippen molar-refractivity contribution in [3.63, 3.8) is 0 Å². The van der Waals surface area contributed by atoms with Gasteiger partial charge < -0.3 is 14.8 Å². The van der Waals surface area contributed by atoms with E-state index in [4.69, 9.17) is 9.47 Å². The second-order valence-corrected chi connectivity index (χ2v) is 3.97. The summed E-state index contributed by atoms with van der Waals surface area (Å²) in [5.41, 5.74) is -0.747. The van der Waals surface area contributed by atoms with E-state index in [-0.39, 0.29) is 12.1 Å². The Bertz CT molecular complexity index is 503. The van der Waals surface area contributed by atoms with E-state index >= 15 is 0 Å². The van der Waals surface area contributed by atoms with Crippen LogP contribution in [0.2, 0.25) is 0 Å². The Morgan fingerprint density at radius 3 is 2.52 bits per heavy atom. The molecule has 1 aromatic carbocycles. The first-order chi connectivity index (χ1) is 9.99. The summed E-state index contributed by atoms with van der Waals surface area (Å²) >= 11 is 0. The predicted molar refractivity (Wildman–Crippen MR) is 72.4 cm³/mol. The molecule has 1 aromatic rings. The molecule has 1 amide bonds. The molecule has 116 valence electrons. The summed E-state index contributed by atoms with van der Waals surface area (Å²) in [5.74, 6) is -1.56. The summed E-state index contributed by atoms with van der Waals surface area (Å²) in [4.78, 5) is 21.6. The molecular formula is C13H17FN2O5. The third-order valence-corrected chi connectivity index (χ3v) is 2.54. The van der Waals surface area contributed by atoms with E-state index in [9.17, 15) is 19.3 Å². The van der Waals surface area contributed by atoms with E-state index in [2.05, 4.69) is 5.32 Å². The minimum absolute atomic E-state index is 0.00477. The van der Waals surface area contributed by atoms with Crippen LogP contribution < -0.4 is 5.32 Å². The third-order valence-electron chi connectivity index (χ3n) is 2.54. The number of carbonyl (C=O) groups excluding carboxylic acids is 1. The molecule has 0 aromatic heterocycles. The number of nitrogens with zero attached hydrogens (tertiary/aromatic N) is 1. The topological polar surface area (TPSA) is 90.7 Å². The monoisotopic (exact) mass is 300 g/mol. The van der Waals surface area contributed by atoms with Crippen molar-refractivity contribution in [2.45, 2.75) is 20.1 Å². The molecule has 0 aliphatic rings. The summed E-state index contributed by atoms with van der Waals surface area (Å²) in [6.45, 7) is 4.51. The van der Waals surface area contributed by atoms with Gasteiger partial charge in [-0.1, -0.05) is 0 Å². The van der Waals surface area contributed by atoms with Crippen LogP contribution in [0, 0.1) is 15.9 Å². The highest BCUT2D eigenvalue weighted by Gasteiger charge is 2.18. The highest BCUT2D eigenvalue weighted by atomic mass is 19.1. The van der Waals surface area contributed by atoms with Crippen LogP contribution in [0.25, 0.3) is 0 Å². The molecule has 0 aliphatic heterocycles. The molecule has 0 unspecified atom stereocenters. The maximum Gasteiger partial charge on any atom is 0.305 e. The van der Waals surface area contributed by atoms with Gasteiger partial charge in [0, 0.05) is 24.8 Å². The lowest BCUT2D eigenvalue weighted by Crippen LogP contribution is -2.35. The van der Waals surface area contributed by atoms with Gasteiger partial charge in [0.25, 0.3) is 5.91 Å². The second kappa shape index (κ2) is 8.28. The first-order valence-electron chi connectivity index (χ1n) is 6.44. The van der Waals surface area contributed by atoms with Crippen LogP contribution in [-0.4, -0.2) is 36.9 Å². The summed E-state index contributed by atoms with van der Waals surface area (Å²) < 4.78 is 23.7.